The third kappa shape index (κ3) is 6.14. The van der Waals surface area contributed by atoms with E-state index in [1.807, 2.05) is 12.4 Å². The van der Waals surface area contributed by atoms with E-state index in [9.17, 15) is 0 Å². The van der Waals surface area contributed by atoms with Gasteiger partial charge in [0, 0.05) is 30.7 Å². The van der Waals surface area contributed by atoms with E-state index in [4.69, 9.17) is 0 Å². The second-order valence-electron chi connectivity index (χ2n) is 4.67. The van der Waals surface area contributed by atoms with Crippen LogP contribution in [0.2, 0.25) is 0 Å². The molecule has 0 aliphatic heterocycles. The van der Waals surface area contributed by atoms with Gasteiger partial charge in [0.1, 0.15) is 6.54 Å². The maximum Gasteiger partial charge on any atom is 0.169 e. The fourth-order valence-corrected chi connectivity index (χ4v) is 2.10. The molecular weight excluding hydrogens is 380 g/mol. The summed E-state index contributed by atoms with van der Waals surface area (Å²) in [4.78, 5) is 3.05. The molecule has 0 aliphatic rings. The SMILES string of the molecule is CCCCCC[n+]1ccc(-c2cc[nH+]cc2)cc1.[Br-].[Br-]. The number of hydrogen-bond acceptors (Lipinski definition) is 0. The standard InChI is InChI=1S/C16H21N2.2BrH/c1-2-3-4-5-12-18-13-8-16(9-14-18)15-6-10-17-11-7-15;;/h6-11,13-14H,2-5,12H2,1H3;2*1H/q+1;;/p-1. The molecule has 0 saturated heterocycles. The average Bonchev–Trinajstić information content (AvgIpc) is 2.45. The first-order valence-corrected chi connectivity index (χ1v) is 6.86. The van der Waals surface area contributed by atoms with Gasteiger partial charge < -0.3 is 34.0 Å². The van der Waals surface area contributed by atoms with E-state index in [-0.39, 0.29) is 34.0 Å². The Morgan fingerprint density at radius 1 is 0.850 bits per heavy atom. The first-order valence-electron chi connectivity index (χ1n) is 6.86. The zero-order valence-corrected chi connectivity index (χ0v) is 15.0. The number of aromatic nitrogens is 2. The summed E-state index contributed by atoms with van der Waals surface area (Å²) < 4.78 is 2.27. The Kier molecular flexibility index (Phi) is 10.6. The lowest BCUT2D eigenvalue weighted by Crippen LogP contribution is -3.00. The van der Waals surface area contributed by atoms with Gasteiger partial charge in [0.2, 0.25) is 0 Å². The van der Waals surface area contributed by atoms with Crippen molar-refractivity contribution in [3.8, 4) is 11.1 Å². The van der Waals surface area contributed by atoms with E-state index in [1.54, 1.807) is 0 Å². The summed E-state index contributed by atoms with van der Waals surface area (Å²) in [7, 11) is 0. The Morgan fingerprint density at radius 2 is 1.45 bits per heavy atom. The van der Waals surface area contributed by atoms with Gasteiger partial charge in [0.15, 0.2) is 24.8 Å². The molecule has 20 heavy (non-hydrogen) atoms. The molecule has 0 saturated carbocycles. The van der Waals surface area contributed by atoms with Crippen LogP contribution >= 0.6 is 0 Å². The zero-order chi connectivity index (χ0) is 12.6. The van der Waals surface area contributed by atoms with E-state index >= 15 is 0 Å². The van der Waals surface area contributed by atoms with Gasteiger partial charge in [0.05, 0.1) is 0 Å². The molecule has 2 aromatic rings. The molecule has 4 heteroatoms. The van der Waals surface area contributed by atoms with Gasteiger partial charge in [-0.15, -0.1) is 0 Å². The molecule has 0 aromatic carbocycles. The van der Waals surface area contributed by atoms with Crippen LogP contribution in [0.15, 0.2) is 49.1 Å². The van der Waals surface area contributed by atoms with Crippen LogP contribution < -0.4 is 43.5 Å². The molecule has 2 aromatic heterocycles. The summed E-state index contributed by atoms with van der Waals surface area (Å²) >= 11 is 0. The molecule has 0 radical (unpaired) electrons. The number of aromatic amines is 1. The molecular formula is C16H22Br2N2. The van der Waals surface area contributed by atoms with E-state index in [1.165, 1.54) is 36.8 Å². The number of H-pyrrole nitrogens is 1. The molecule has 0 unspecified atom stereocenters. The number of halogens is 2. The van der Waals surface area contributed by atoms with Crippen molar-refractivity contribution in [2.24, 2.45) is 0 Å². The van der Waals surface area contributed by atoms with Crippen molar-refractivity contribution in [2.45, 2.75) is 39.2 Å². The van der Waals surface area contributed by atoms with Crippen LogP contribution in [0.25, 0.3) is 11.1 Å². The first-order chi connectivity index (χ1) is 8.90. The minimum Gasteiger partial charge on any atom is -1.00 e. The number of nitrogens with one attached hydrogen (secondary N) is 1. The number of pyridine rings is 2. The summed E-state index contributed by atoms with van der Waals surface area (Å²) in [5, 5.41) is 0. The largest absolute Gasteiger partial charge is 1.00 e. The predicted molar refractivity (Wildman–Crippen MR) is 72.8 cm³/mol. The molecule has 1 N–H and O–H groups in total. The van der Waals surface area contributed by atoms with Crippen LogP contribution in [-0.4, -0.2) is 0 Å². The summed E-state index contributed by atoms with van der Waals surface area (Å²) in [6.07, 6.45) is 13.5. The number of aryl methyl sites for hydroxylation is 1. The van der Waals surface area contributed by atoms with Crippen molar-refractivity contribution in [3.05, 3.63) is 49.1 Å². The lowest BCUT2D eigenvalue weighted by Gasteiger charge is -2.00. The Bertz CT molecular complexity index is 458. The number of unbranched alkanes of at least 4 members (excludes halogenated alkanes) is 3. The summed E-state index contributed by atoms with van der Waals surface area (Å²) in [5.74, 6) is 0. The Morgan fingerprint density at radius 3 is 2.05 bits per heavy atom. The molecule has 110 valence electrons. The number of nitrogens with zero attached hydrogens (tertiary/aromatic N) is 1. The maximum absolute atomic E-state index is 3.05. The van der Waals surface area contributed by atoms with Gasteiger partial charge in [-0.1, -0.05) is 19.8 Å². The Hall–Kier alpha value is -0.740. The van der Waals surface area contributed by atoms with Crippen LogP contribution in [0.1, 0.15) is 32.6 Å². The normalized spacial score (nSPS) is 9.45. The number of rotatable bonds is 6. The van der Waals surface area contributed by atoms with E-state index < -0.39 is 0 Å². The summed E-state index contributed by atoms with van der Waals surface area (Å²) in [6, 6.07) is 8.58. The van der Waals surface area contributed by atoms with Crippen LogP contribution in [0.5, 0.6) is 0 Å². The highest BCUT2D eigenvalue weighted by Gasteiger charge is 2.03. The highest BCUT2D eigenvalue weighted by molar-refractivity contribution is 5.60. The van der Waals surface area contributed by atoms with Crippen molar-refractivity contribution in [1.29, 1.82) is 0 Å². The zero-order valence-electron chi connectivity index (χ0n) is 11.9. The highest BCUT2D eigenvalue weighted by atomic mass is 79.9. The number of hydrogen-bond donors (Lipinski definition) is 0. The monoisotopic (exact) mass is 400 g/mol. The van der Waals surface area contributed by atoms with Gasteiger partial charge in [-0.2, -0.15) is 0 Å². The van der Waals surface area contributed by atoms with E-state index in [0.29, 0.717) is 0 Å². The predicted octanol–water partition coefficient (Wildman–Crippen LogP) is -2.96. The lowest BCUT2D eigenvalue weighted by atomic mass is 10.1. The Balaban J connectivity index is 0.00000180. The fraction of sp³-hybridized carbons (Fsp3) is 0.375. The summed E-state index contributed by atoms with van der Waals surface area (Å²) in [5.41, 5.74) is 2.53. The molecule has 0 bridgehead atoms. The van der Waals surface area contributed by atoms with Crippen molar-refractivity contribution >= 4 is 0 Å². The lowest BCUT2D eigenvalue weighted by molar-refractivity contribution is -0.697. The second kappa shape index (κ2) is 11.0. The van der Waals surface area contributed by atoms with Gasteiger partial charge in [-0.25, -0.2) is 9.55 Å². The highest BCUT2D eigenvalue weighted by Crippen LogP contribution is 2.15. The maximum atomic E-state index is 3.05. The van der Waals surface area contributed by atoms with Crippen molar-refractivity contribution in [3.63, 3.8) is 0 Å². The minimum atomic E-state index is 0. The van der Waals surface area contributed by atoms with Crippen LogP contribution in [0.4, 0.5) is 0 Å². The van der Waals surface area contributed by atoms with E-state index in [2.05, 4.69) is 53.1 Å². The molecule has 0 atom stereocenters. The van der Waals surface area contributed by atoms with Crippen molar-refractivity contribution in [1.82, 2.24) is 0 Å². The quantitative estimate of drug-likeness (QED) is 0.364. The molecule has 0 spiro atoms. The molecule has 0 fully saturated rings. The minimum absolute atomic E-state index is 0. The van der Waals surface area contributed by atoms with Gasteiger partial charge in [0.25, 0.3) is 0 Å². The first kappa shape index (κ1) is 19.3. The second-order valence-corrected chi connectivity index (χ2v) is 4.67. The van der Waals surface area contributed by atoms with Gasteiger partial charge in [-0.3, -0.25) is 0 Å². The average molecular weight is 402 g/mol. The molecule has 0 aliphatic carbocycles. The van der Waals surface area contributed by atoms with E-state index in [0.717, 1.165) is 6.54 Å². The van der Waals surface area contributed by atoms with Gasteiger partial charge in [-0.05, 0) is 17.5 Å². The van der Waals surface area contributed by atoms with Crippen LogP contribution in [0.3, 0.4) is 0 Å². The molecule has 2 heterocycles. The van der Waals surface area contributed by atoms with Crippen molar-refractivity contribution in [2.75, 3.05) is 0 Å². The van der Waals surface area contributed by atoms with Crippen LogP contribution in [0, 0.1) is 0 Å². The Labute approximate surface area is 142 Å². The summed E-state index contributed by atoms with van der Waals surface area (Å²) in [6.45, 7) is 3.38. The smallest absolute Gasteiger partial charge is 0.169 e. The van der Waals surface area contributed by atoms with Crippen LogP contribution in [-0.2, 0) is 6.54 Å². The van der Waals surface area contributed by atoms with Gasteiger partial charge >= 0.3 is 0 Å². The van der Waals surface area contributed by atoms with Crippen molar-refractivity contribution < 1.29 is 43.5 Å². The molecule has 0 amide bonds. The topological polar surface area (TPSA) is 18.0 Å². The third-order valence-corrected chi connectivity index (χ3v) is 3.21. The molecule has 2 nitrogen and oxygen atoms in total. The molecule has 2 rings (SSSR count). The third-order valence-electron chi connectivity index (χ3n) is 3.21. The fourth-order valence-electron chi connectivity index (χ4n) is 2.10.